The Kier molecular flexibility index (Phi) is 3.60. The van der Waals surface area contributed by atoms with Gasteiger partial charge in [-0.1, -0.05) is 26.0 Å². The maximum Gasteiger partial charge on any atom is 0.328 e. The lowest BCUT2D eigenvalue weighted by Crippen LogP contribution is -1.97. The molecule has 0 unspecified atom stereocenters. The van der Waals surface area contributed by atoms with E-state index >= 15 is 0 Å². The molecule has 0 aliphatic carbocycles. The van der Waals surface area contributed by atoms with Gasteiger partial charge in [0.1, 0.15) is 11.3 Å². The summed E-state index contributed by atoms with van der Waals surface area (Å²) in [5.41, 5.74) is 1.68. The molecule has 4 heteroatoms. The highest BCUT2D eigenvalue weighted by Gasteiger charge is 2.10. The zero-order chi connectivity index (χ0) is 14.0. The Bertz CT molecular complexity index is 662. The van der Waals surface area contributed by atoms with Crippen LogP contribution in [0.4, 0.5) is 4.39 Å². The van der Waals surface area contributed by atoms with Gasteiger partial charge in [-0.05, 0) is 29.7 Å². The van der Waals surface area contributed by atoms with Crippen LogP contribution < -0.4 is 0 Å². The van der Waals surface area contributed by atoms with Crippen molar-refractivity contribution in [2.75, 3.05) is 0 Å². The van der Waals surface area contributed by atoms with Crippen molar-refractivity contribution < 1.29 is 14.3 Å². The molecule has 3 nitrogen and oxygen atoms in total. The lowest BCUT2D eigenvalue weighted by atomic mass is 10.0. The van der Waals surface area contributed by atoms with Gasteiger partial charge in [0, 0.05) is 17.2 Å². The second-order valence-electron chi connectivity index (χ2n) is 4.60. The van der Waals surface area contributed by atoms with E-state index in [-0.39, 0.29) is 11.4 Å². The van der Waals surface area contributed by atoms with Crippen LogP contribution in [0, 0.1) is 5.82 Å². The number of para-hydroxylation sites is 1. The summed E-state index contributed by atoms with van der Waals surface area (Å²) in [6.45, 7) is 3.92. The van der Waals surface area contributed by atoms with Gasteiger partial charge in [-0.2, -0.15) is 0 Å². The highest BCUT2D eigenvalue weighted by Crippen LogP contribution is 2.25. The van der Waals surface area contributed by atoms with Crippen molar-refractivity contribution in [1.82, 2.24) is 4.98 Å². The molecule has 0 radical (unpaired) electrons. The van der Waals surface area contributed by atoms with E-state index in [2.05, 4.69) is 4.98 Å². The first-order valence-electron chi connectivity index (χ1n) is 5.99. The number of nitrogens with zero attached hydrogens (tertiary/aromatic N) is 1. The Hall–Kier alpha value is -2.23. The fraction of sp³-hybridized carbons (Fsp3) is 0.200. The highest BCUT2D eigenvalue weighted by molar-refractivity contribution is 5.93. The summed E-state index contributed by atoms with van der Waals surface area (Å²) < 4.78 is 13.8. The van der Waals surface area contributed by atoms with Gasteiger partial charge >= 0.3 is 5.97 Å². The van der Waals surface area contributed by atoms with Crippen LogP contribution in [0.25, 0.3) is 17.0 Å². The second-order valence-corrected chi connectivity index (χ2v) is 4.60. The van der Waals surface area contributed by atoms with Crippen molar-refractivity contribution >= 4 is 22.9 Å². The van der Waals surface area contributed by atoms with Gasteiger partial charge < -0.3 is 5.11 Å². The molecule has 1 aromatic heterocycles. The largest absolute Gasteiger partial charge is 0.478 e. The van der Waals surface area contributed by atoms with Gasteiger partial charge in [-0.25, -0.2) is 14.2 Å². The Morgan fingerprint density at radius 1 is 1.42 bits per heavy atom. The maximum absolute atomic E-state index is 13.8. The summed E-state index contributed by atoms with van der Waals surface area (Å²) in [6.07, 6.45) is 2.52. The van der Waals surface area contributed by atoms with E-state index in [1.807, 2.05) is 13.8 Å². The van der Waals surface area contributed by atoms with Crippen molar-refractivity contribution in [1.29, 1.82) is 0 Å². The minimum absolute atomic E-state index is 0.140. The van der Waals surface area contributed by atoms with Crippen LogP contribution in [0.2, 0.25) is 0 Å². The fourth-order valence-electron chi connectivity index (χ4n) is 1.86. The molecule has 0 spiro atoms. The number of carboxylic acids is 1. The van der Waals surface area contributed by atoms with E-state index in [0.29, 0.717) is 10.9 Å². The molecule has 0 saturated carbocycles. The van der Waals surface area contributed by atoms with Gasteiger partial charge in [0.05, 0.1) is 0 Å². The molecular formula is C15H14FNO2. The zero-order valence-electron chi connectivity index (χ0n) is 10.7. The van der Waals surface area contributed by atoms with Crippen molar-refractivity contribution in [3.8, 4) is 0 Å². The van der Waals surface area contributed by atoms with Crippen molar-refractivity contribution in [2.24, 2.45) is 0 Å². The van der Waals surface area contributed by atoms with Crippen LogP contribution >= 0.6 is 0 Å². The van der Waals surface area contributed by atoms with Crippen LogP contribution in [0.5, 0.6) is 0 Å². The standard InChI is InChI=1S/C15H14FNO2/c1-9(2)13-8-10(6-7-14(18)19)11-4-3-5-12(16)15(11)17-13/h3-9H,1-2H3,(H,18,19)/b7-6+. The first kappa shape index (κ1) is 13.2. The van der Waals surface area contributed by atoms with Crippen LogP contribution in [0.3, 0.4) is 0 Å². The Morgan fingerprint density at radius 2 is 2.16 bits per heavy atom. The minimum Gasteiger partial charge on any atom is -0.478 e. The second kappa shape index (κ2) is 5.18. The normalized spacial score (nSPS) is 11.6. The predicted octanol–water partition coefficient (Wildman–Crippen LogP) is 3.60. The third-order valence-corrected chi connectivity index (χ3v) is 2.84. The summed E-state index contributed by atoms with van der Waals surface area (Å²) >= 11 is 0. The van der Waals surface area contributed by atoms with E-state index in [0.717, 1.165) is 11.8 Å². The summed E-state index contributed by atoms with van der Waals surface area (Å²) in [4.78, 5) is 14.9. The summed E-state index contributed by atoms with van der Waals surface area (Å²) in [7, 11) is 0. The van der Waals surface area contributed by atoms with Crippen LogP contribution in [0.1, 0.15) is 31.0 Å². The molecule has 1 aromatic carbocycles. The Morgan fingerprint density at radius 3 is 2.79 bits per heavy atom. The number of pyridine rings is 1. The molecule has 2 rings (SSSR count). The third kappa shape index (κ3) is 2.78. The van der Waals surface area contributed by atoms with Gasteiger partial charge in [0.25, 0.3) is 0 Å². The molecular weight excluding hydrogens is 245 g/mol. The Labute approximate surface area is 110 Å². The lowest BCUT2D eigenvalue weighted by molar-refractivity contribution is -0.131. The fourth-order valence-corrected chi connectivity index (χ4v) is 1.86. The van der Waals surface area contributed by atoms with Crippen molar-refractivity contribution in [2.45, 2.75) is 19.8 Å². The van der Waals surface area contributed by atoms with Crippen molar-refractivity contribution in [3.63, 3.8) is 0 Å². The number of hydrogen-bond donors (Lipinski definition) is 1. The van der Waals surface area contributed by atoms with Crippen LogP contribution in [-0.2, 0) is 4.79 Å². The number of benzene rings is 1. The average molecular weight is 259 g/mol. The zero-order valence-corrected chi connectivity index (χ0v) is 10.7. The number of aromatic nitrogens is 1. The molecule has 1 heterocycles. The molecule has 19 heavy (non-hydrogen) atoms. The number of rotatable bonds is 3. The van der Waals surface area contributed by atoms with E-state index in [1.54, 1.807) is 18.2 Å². The number of hydrogen-bond acceptors (Lipinski definition) is 2. The molecule has 0 aliphatic rings. The van der Waals surface area contributed by atoms with Gasteiger partial charge in [-0.15, -0.1) is 0 Å². The number of carbonyl (C=O) groups is 1. The summed E-state index contributed by atoms with van der Waals surface area (Å²) in [5, 5.41) is 9.32. The van der Waals surface area contributed by atoms with E-state index in [9.17, 15) is 9.18 Å². The quantitative estimate of drug-likeness (QED) is 0.857. The van der Waals surface area contributed by atoms with E-state index in [4.69, 9.17) is 5.11 Å². The molecule has 98 valence electrons. The number of halogens is 1. The van der Waals surface area contributed by atoms with E-state index < -0.39 is 11.8 Å². The maximum atomic E-state index is 13.8. The van der Waals surface area contributed by atoms with Gasteiger partial charge in [-0.3, -0.25) is 0 Å². The predicted molar refractivity (Wildman–Crippen MR) is 72.5 cm³/mol. The molecule has 0 bridgehead atoms. The molecule has 0 aliphatic heterocycles. The van der Waals surface area contributed by atoms with Crippen LogP contribution in [0.15, 0.2) is 30.3 Å². The molecule has 0 fully saturated rings. The first-order valence-corrected chi connectivity index (χ1v) is 5.99. The first-order chi connectivity index (χ1) is 8.99. The lowest BCUT2D eigenvalue weighted by Gasteiger charge is -2.09. The Balaban J connectivity index is 2.72. The monoisotopic (exact) mass is 259 g/mol. The van der Waals surface area contributed by atoms with Gasteiger partial charge in [0.15, 0.2) is 0 Å². The highest BCUT2D eigenvalue weighted by atomic mass is 19.1. The summed E-state index contributed by atoms with van der Waals surface area (Å²) in [5.74, 6) is -1.29. The average Bonchev–Trinajstić information content (AvgIpc) is 2.36. The molecule has 1 N–H and O–H groups in total. The van der Waals surface area contributed by atoms with Crippen molar-refractivity contribution in [3.05, 3.63) is 47.4 Å². The smallest absolute Gasteiger partial charge is 0.328 e. The topological polar surface area (TPSA) is 50.2 Å². The number of carboxylic acid groups (broad SMARTS) is 1. The van der Waals surface area contributed by atoms with E-state index in [1.165, 1.54) is 12.1 Å². The number of aliphatic carboxylic acids is 1. The SMILES string of the molecule is CC(C)c1cc(/C=C/C(=O)O)c2cccc(F)c2n1. The molecule has 0 atom stereocenters. The van der Waals surface area contributed by atoms with Crippen LogP contribution in [-0.4, -0.2) is 16.1 Å². The third-order valence-electron chi connectivity index (χ3n) is 2.84. The molecule has 0 saturated heterocycles. The minimum atomic E-state index is -1.03. The summed E-state index contributed by atoms with van der Waals surface area (Å²) in [6, 6.07) is 6.47. The molecule has 2 aromatic rings. The number of fused-ring (bicyclic) bond motifs is 1. The molecule has 0 amide bonds. The van der Waals surface area contributed by atoms with Gasteiger partial charge in [0.2, 0.25) is 0 Å².